The first-order chi connectivity index (χ1) is 13.2. The van der Waals surface area contributed by atoms with Crippen LogP contribution in [0.4, 0.5) is 18.9 Å². The molecule has 0 aromatic heterocycles. The summed E-state index contributed by atoms with van der Waals surface area (Å²) in [6.07, 6.45) is -1.77. The first-order valence-corrected chi connectivity index (χ1v) is 8.24. The molecule has 2 aromatic rings. The molecule has 0 atom stereocenters. The van der Waals surface area contributed by atoms with Gasteiger partial charge in [0.15, 0.2) is 0 Å². The van der Waals surface area contributed by atoms with E-state index in [-0.39, 0.29) is 5.69 Å². The van der Waals surface area contributed by atoms with Gasteiger partial charge in [0.05, 0.1) is 24.9 Å². The second-order valence-electron chi connectivity index (χ2n) is 5.90. The van der Waals surface area contributed by atoms with Crippen LogP contribution in [0, 0.1) is 0 Å². The average molecular weight is 392 g/mol. The normalized spacial score (nSPS) is 11.3. The van der Waals surface area contributed by atoms with Gasteiger partial charge >= 0.3 is 6.18 Å². The van der Waals surface area contributed by atoms with E-state index in [0.29, 0.717) is 5.75 Å². The summed E-state index contributed by atoms with van der Waals surface area (Å²) in [6, 6.07) is 11.7. The number of nitrogens with zero attached hydrogens (tertiary/aromatic N) is 1. The van der Waals surface area contributed by atoms with Crippen molar-refractivity contribution in [2.45, 2.75) is 6.18 Å². The van der Waals surface area contributed by atoms with Crippen LogP contribution in [-0.2, 0) is 15.8 Å². The van der Waals surface area contributed by atoms with Crippen molar-refractivity contribution >= 4 is 23.6 Å². The molecule has 8 heteroatoms. The number of rotatable bonds is 6. The van der Waals surface area contributed by atoms with Crippen LogP contribution in [-0.4, -0.2) is 37.4 Å². The Morgan fingerprint density at radius 2 is 1.86 bits per heavy atom. The number of alkyl halides is 3. The minimum Gasteiger partial charge on any atom is -0.497 e. The summed E-state index contributed by atoms with van der Waals surface area (Å²) in [5, 5.41) is 2.20. The van der Waals surface area contributed by atoms with Crippen molar-refractivity contribution in [1.29, 1.82) is 0 Å². The van der Waals surface area contributed by atoms with Crippen LogP contribution in [0.15, 0.2) is 54.6 Å². The lowest BCUT2D eigenvalue weighted by Crippen LogP contribution is -2.34. The number of halogens is 3. The van der Waals surface area contributed by atoms with Gasteiger partial charge in [0, 0.05) is 13.1 Å². The fourth-order valence-electron chi connectivity index (χ4n) is 2.36. The maximum absolute atomic E-state index is 13.0. The first-order valence-electron chi connectivity index (χ1n) is 8.24. The number of hydrogen-bond acceptors (Lipinski definition) is 3. The molecule has 2 rings (SSSR count). The molecule has 1 N–H and O–H groups in total. The van der Waals surface area contributed by atoms with Crippen LogP contribution in [0.2, 0.25) is 0 Å². The van der Waals surface area contributed by atoms with Crippen molar-refractivity contribution in [3.8, 4) is 5.75 Å². The largest absolute Gasteiger partial charge is 0.497 e. The maximum atomic E-state index is 13.0. The summed E-state index contributed by atoms with van der Waals surface area (Å²) in [7, 11) is 2.91. The molecular formula is C20H19F3N2O3. The molecule has 0 bridgehead atoms. The van der Waals surface area contributed by atoms with Gasteiger partial charge in [-0.1, -0.05) is 24.3 Å². The van der Waals surface area contributed by atoms with E-state index in [2.05, 4.69) is 5.32 Å². The van der Waals surface area contributed by atoms with Gasteiger partial charge in [-0.15, -0.1) is 0 Å². The lowest BCUT2D eigenvalue weighted by Gasteiger charge is -2.17. The lowest BCUT2D eigenvalue weighted by atomic mass is 10.1. The molecular weight excluding hydrogens is 373 g/mol. The monoisotopic (exact) mass is 392 g/mol. The van der Waals surface area contributed by atoms with Crippen molar-refractivity contribution < 1.29 is 27.5 Å². The molecule has 0 aliphatic carbocycles. The number of methoxy groups -OCH3 is 1. The molecule has 0 aliphatic rings. The number of nitrogens with one attached hydrogen (secondary N) is 1. The predicted octanol–water partition coefficient (Wildman–Crippen LogP) is 3.82. The maximum Gasteiger partial charge on any atom is 0.418 e. The van der Waals surface area contributed by atoms with Crippen molar-refractivity contribution in [2.24, 2.45) is 0 Å². The Morgan fingerprint density at radius 3 is 2.54 bits per heavy atom. The number of anilines is 1. The highest BCUT2D eigenvalue weighted by Crippen LogP contribution is 2.34. The molecule has 0 saturated heterocycles. The zero-order valence-electron chi connectivity index (χ0n) is 15.3. The van der Waals surface area contributed by atoms with E-state index in [1.54, 1.807) is 30.3 Å². The third kappa shape index (κ3) is 5.87. The zero-order chi connectivity index (χ0) is 20.7. The number of para-hydroxylation sites is 1. The minimum atomic E-state index is -4.59. The Morgan fingerprint density at radius 1 is 1.14 bits per heavy atom. The Kier molecular flexibility index (Phi) is 6.81. The number of ether oxygens (including phenoxy) is 1. The number of likely N-dealkylation sites (N-methyl/N-ethyl adjacent to an activating group) is 1. The molecule has 5 nitrogen and oxygen atoms in total. The number of carbonyl (C=O) groups excluding carboxylic acids is 2. The number of amides is 2. The number of benzene rings is 2. The fourth-order valence-corrected chi connectivity index (χ4v) is 2.36. The van der Waals surface area contributed by atoms with Gasteiger partial charge in [0.25, 0.3) is 0 Å². The summed E-state index contributed by atoms with van der Waals surface area (Å²) >= 11 is 0. The smallest absolute Gasteiger partial charge is 0.418 e. The van der Waals surface area contributed by atoms with Crippen LogP contribution in [0.1, 0.15) is 11.1 Å². The Hall–Kier alpha value is -3.29. The molecule has 2 aromatic carbocycles. The topological polar surface area (TPSA) is 58.6 Å². The second kappa shape index (κ2) is 9.07. The molecule has 0 radical (unpaired) electrons. The fraction of sp³-hybridized carbons (Fsp3) is 0.200. The summed E-state index contributed by atoms with van der Waals surface area (Å²) in [5.41, 5.74) is -0.576. The Labute approximate surface area is 160 Å². The van der Waals surface area contributed by atoms with Gasteiger partial charge in [-0.3, -0.25) is 9.59 Å². The number of carbonyl (C=O) groups is 2. The predicted molar refractivity (Wildman–Crippen MR) is 99.7 cm³/mol. The van der Waals surface area contributed by atoms with Crippen molar-refractivity contribution in [3.05, 3.63) is 65.7 Å². The molecule has 0 saturated carbocycles. The zero-order valence-corrected chi connectivity index (χ0v) is 15.3. The van der Waals surface area contributed by atoms with E-state index < -0.39 is 30.1 Å². The van der Waals surface area contributed by atoms with Gasteiger partial charge in [-0.05, 0) is 35.9 Å². The van der Waals surface area contributed by atoms with E-state index >= 15 is 0 Å². The summed E-state index contributed by atoms with van der Waals surface area (Å²) in [6.45, 7) is -0.395. The second-order valence-corrected chi connectivity index (χ2v) is 5.90. The highest BCUT2D eigenvalue weighted by molar-refractivity contribution is 5.98. The quantitative estimate of drug-likeness (QED) is 0.761. The van der Waals surface area contributed by atoms with Gasteiger partial charge in [0.1, 0.15) is 5.75 Å². The lowest BCUT2D eigenvalue weighted by molar-refractivity contribution is -0.137. The first kappa shape index (κ1) is 21.0. The highest BCUT2D eigenvalue weighted by Gasteiger charge is 2.33. The van der Waals surface area contributed by atoms with Gasteiger partial charge in [-0.25, -0.2) is 0 Å². The molecule has 2 amide bonds. The highest BCUT2D eigenvalue weighted by atomic mass is 19.4. The van der Waals surface area contributed by atoms with Crippen LogP contribution in [0.5, 0.6) is 5.75 Å². The van der Waals surface area contributed by atoms with E-state index in [9.17, 15) is 22.8 Å². The van der Waals surface area contributed by atoms with Gasteiger partial charge in [0.2, 0.25) is 11.8 Å². The van der Waals surface area contributed by atoms with E-state index in [1.807, 2.05) is 0 Å². The molecule has 0 heterocycles. The molecule has 148 valence electrons. The van der Waals surface area contributed by atoms with Crippen LogP contribution in [0.3, 0.4) is 0 Å². The van der Waals surface area contributed by atoms with Crippen molar-refractivity contribution in [2.75, 3.05) is 26.0 Å². The van der Waals surface area contributed by atoms with Crippen molar-refractivity contribution in [1.82, 2.24) is 4.90 Å². The van der Waals surface area contributed by atoms with Gasteiger partial charge in [-0.2, -0.15) is 13.2 Å². The molecule has 0 unspecified atom stereocenters. The molecule has 0 aliphatic heterocycles. The summed E-state index contributed by atoms with van der Waals surface area (Å²) < 4.78 is 44.0. The Balaban J connectivity index is 1.98. The van der Waals surface area contributed by atoms with E-state index in [1.165, 1.54) is 32.4 Å². The Bertz CT molecular complexity index is 879. The SMILES string of the molecule is COc1cccc(/C=C/C(=O)N(C)CC(=O)Nc2ccccc2C(F)(F)F)c1. The average Bonchev–Trinajstić information content (AvgIpc) is 2.65. The molecule has 0 fully saturated rings. The minimum absolute atomic E-state index is 0.354. The summed E-state index contributed by atoms with van der Waals surface area (Å²) in [4.78, 5) is 25.3. The van der Waals surface area contributed by atoms with Crippen LogP contribution >= 0.6 is 0 Å². The van der Waals surface area contributed by atoms with E-state index in [0.717, 1.165) is 22.6 Å². The van der Waals surface area contributed by atoms with Gasteiger partial charge < -0.3 is 15.0 Å². The standard InChI is InChI=1S/C20H19F3N2O3/c1-25(19(27)11-10-14-6-5-7-15(12-14)28-2)13-18(26)24-17-9-4-3-8-16(17)20(21,22)23/h3-12H,13H2,1-2H3,(H,24,26)/b11-10+. The van der Waals surface area contributed by atoms with E-state index in [4.69, 9.17) is 4.74 Å². The van der Waals surface area contributed by atoms with Crippen LogP contribution < -0.4 is 10.1 Å². The molecule has 28 heavy (non-hydrogen) atoms. The third-order valence-corrected chi connectivity index (χ3v) is 3.78. The third-order valence-electron chi connectivity index (χ3n) is 3.78. The molecule has 0 spiro atoms. The summed E-state index contributed by atoms with van der Waals surface area (Å²) in [5.74, 6) is -0.574. The van der Waals surface area contributed by atoms with Crippen molar-refractivity contribution in [3.63, 3.8) is 0 Å². The van der Waals surface area contributed by atoms with Crippen LogP contribution in [0.25, 0.3) is 6.08 Å². The number of hydrogen-bond donors (Lipinski definition) is 1.